The van der Waals surface area contributed by atoms with Crippen molar-refractivity contribution in [3.05, 3.63) is 84.9 Å². The summed E-state index contributed by atoms with van der Waals surface area (Å²) >= 11 is 3.82. The van der Waals surface area contributed by atoms with Crippen molar-refractivity contribution >= 4 is 84.6 Å². The van der Waals surface area contributed by atoms with Crippen molar-refractivity contribution in [3.63, 3.8) is 0 Å². The molecule has 0 saturated heterocycles. The van der Waals surface area contributed by atoms with Crippen LogP contribution in [0.1, 0.15) is 0 Å². The molecule has 5 aromatic carbocycles. The maximum atomic E-state index is 2.40. The third-order valence-electron chi connectivity index (χ3n) is 5.84. The Morgan fingerprint density at radius 1 is 0.393 bits per heavy atom. The van der Waals surface area contributed by atoms with E-state index in [1.54, 1.807) is 0 Å². The highest BCUT2D eigenvalue weighted by molar-refractivity contribution is 7.27. The van der Waals surface area contributed by atoms with Gasteiger partial charge in [-0.05, 0) is 35.0 Å². The lowest BCUT2D eigenvalue weighted by Gasteiger charge is -2.05. The van der Waals surface area contributed by atoms with Crippen LogP contribution in [0.25, 0.3) is 61.9 Å². The molecule has 0 saturated carbocycles. The largest absolute Gasteiger partial charge is 0.135 e. The Bertz CT molecular complexity index is 1580. The van der Waals surface area contributed by atoms with Gasteiger partial charge in [0.25, 0.3) is 0 Å². The second-order valence-electron chi connectivity index (χ2n) is 7.38. The van der Waals surface area contributed by atoms with Gasteiger partial charge in [0, 0.05) is 51.1 Å². The molecule has 0 fully saturated rings. The predicted octanol–water partition coefficient (Wildman–Crippen LogP) is 8.73. The lowest BCUT2D eigenvalue weighted by molar-refractivity contribution is 1.85. The molecular formula is C26H14S2. The van der Waals surface area contributed by atoms with Crippen LogP contribution in [0.2, 0.25) is 0 Å². The molecule has 130 valence electrons. The fraction of sp³-hybridized carbons (Fsp3) is 0. The van der Waals surface area contributed by atoms with E-state index >= 15 is 0 Å². The van der Waals surface area contributed by atoms with Gasteiger partial charge >= 0.3 is 0 Å². The minimum atomic E-state index is 1.33. The molecule has 0 amide bonds. The van der Waals surface area contributed by atoms with Crippen LogP contribution in [0.4, 0.5) is 0 Å². The Morgan fingerprint density at radius 3 is 1.36 bits per heavy atom. The van der Waals surface area contributed by atoms with Gasteiger partial charge in [-0.25, -0.2) is 0 Å². The van der Waals surface area contributed by atoms with E-state index in [9.17, 15) is 0 Å². The summed E-state index contributed by atoms with van der Waals surface area (Å²) in [5.74, 6) is 0. The highest BCUT2D eigenvalue weighted by Crippen LogP contribution is 2.42. The third kappa shape index (κ3) is 1.89. The van der Waals surface area contributed by atoms with E-state index in [1.807, 2.05) is 22.7 Å². The van der Waals surface area contributed by atoms with Crippen molar-refractivity contribution in [2.75, 3.05) is 0 Å². The van der Waals surface area contributed by atoms with Crippen molar-refractivity contribution in [1.29, 1.82) is 0 Å². The molecule has 0 N–H and O–H groups in total. The standard InChI is InChI=1S/C26H14S2/c1-3-7-23-17(5-1)19-11-9-15-14-22-16(13-21(15)25(19)27-23)10-12-20-18-6-2-4-8-24(18)28-26(20)22/h1-14H. The van der Waals surface area contributed by atoms with Gasteiger partial charge in [0.05, 0.1) is 0 Å². The lowest BCUT2D eigenvalue weighted by Crippen LogP contribution is -1.78. The van der Waals surface area contributed by atoms with Crippen LogP contribution in [0, 0.1) is 0 Å². The van der Waals surface area contributed by atoms with Crippen molar-refractivity contribution in [3.8, 4) is 0 Å². The number of fused-ring (bicyclic) bond motifs is 10. The predicted molar refractivity (Wildman–Crippen MR) is 127 cm³/mol. The smallest absolute Gasteiger partial charge is 0.0434 e. The van der Waals surface area contributed by atoms with Crippen LogP contribution in [-0.2, 0) is 0 Å². The molecule has 7 aromatic rings. The van der Waals surface area contributed by atoms with Crippen LogP contribution in [0.3, 0.4) is 0 Å². The molecular weight excluding hydrogens is 376 g/mol. The van der Waals surface area contributed by atoms with Crippen LogP contribution in [-0.4, -0.2) is 0 Å². The molecule has 0 aliphatic rings. The molecule has 2 aromatic heterocycles. The van der Waals surface area contributed by atoms with Crippen LogP contribution in [0.15, 0.2) is 84.9 Å². The van der Waals surface area contributed by atoms with E-state index < -0.39 is 0 Å². The van der Waals surface area contributed by atoms with E-state index in [0.717, 1.165) is 0 Å². The second kappa shape index (κ2) is 5.32. The highest BCUT2D eigenvalue weighted by Gasteiger charge is 2.12. The molecule has 0 aliphatic heterocycles. The van der Waals surface area contributed by atoms with E-state index in [1.165, 1.54) is 61.9 Å². The van der Waals surface area contributed by atoms with Crippen molar-refractivity contribution in [2.45, 2.75) is 0 Å². The molecule has 2 heterocycles. The first-order valence-corrected chi connectivity index (χ1v) is 11.1. The van der Waals surface area contributed by atoms with Crippen LogP contribution < -0.4 is 0 Å². The summed E-state index contributed by atoms with van der Waals surface area (Å²) in [6, 6.07) is 31.4. The number of hydrogen-bond acceptors (Lipinski definition) is 2. The summed E-state index contributed by atoms with van der Waals surface area (Å²) in [7, 11) is 0. The molecule has 0 aliphatic carbocycles. The van der Waals surface area contributed by atoms with Gasteiger partial charge in [-0.3, -0.25) is 0 Å². The zero-order chi connectivity index (χ0) is 18.2. The molecule has 0 radical (unpaired) electrons. The summed E-state index contributed by atoms with van der Waals surface area (Å²) < 4.78 is 5.53. The Labute approximate surface area is 169 Å². The number of benzene rings is 5. The summed E-state index contributed by atoms with van der Waals surface area (Å²) in [4.78, 5) is 0. The summed E-state index contributed by atoms with van der Waals surface area (Å²) in [6.07, 6.45) is 0. The zero-order valence-corrected chi connectivity index (χ0v) is 16.5. The van der Waals surface area contributed by atoms with Crippen molar-refractivity contribution in [1.82, 2.24) is 0 Å². The maximum Gasteiger partial charge on any atom is 0.0434 e. The Kier molecular flexibility index (Phi) is 2.85. The first-order chi connectivity index (χ1) is 13.9. The summed E-state index contributed by atoms with van der Waals surface area (Å²) in [6.45, 7) is 0. The SMILES string of the molecule is c1ccc2c(c1)sc1c3cc4ccc5c6ccccc6sc5c4cc3ccc21. The minimum Gasteiger partial charge on any atom is -0.135 e. The molecule has 0 unspecified atom stereocenters. The number of thiophene rings is 2. The minimum absolute atomic E-state index is 1.33. The lowest BCUT2D eigenvalue weighted by atomic mass is 10.00. The Balaban J connectivity index is 1.66. The van der Waals surface area contributed by atoms with Gasteiger partial charge in [-0.2, -0.15) is 0 Å². The highest BCUT2D eigenvalue weighted by atomic mass is 32.1. The van der Waals surface area contributed by atoms with Gasteiger partial charge in [0.15, 0.2) is 0 Å². The summed E-state index contributed by atoms with van der Waals surface area (Å²) in [5.41, 5.74) is 0. The van der Waals surface area contributed by atoms with Crippen molar-refractivity contribution in [2.24, 2.45) is 0 Å². The van der Waals surface area contributed by atoms with Gasteiger partial charge in [-0.15, -0.1) is 22.7 Å². The Morgan fingerprint density at radius 2 is 0.857 bits per heavy atom. The first-order valence-electron chi connectivity index (χ1n) is 9.45. The van der Waals surface area contributed by atoms with E-state index in [2.05, 4.69) is 84.9 Å². The van der Waals surface area contributed by atoms with E-state index in [0.29, 0.717) is 0 Å². The fourth-order valence-electron chi connectivity index (χ4n) is 4.51. The van der Waals surface area contributed by atoms with Crippen LogP contribution in [0.5, 0.6) is 0 Å². The quantitative estimate of drug-likeness (QED) is 0.227. The third-order valence-corrected chi connectivity index (χ3v) is 8.28. The summed E-state index contributed by atoms with van der Waals surface area (Å²) in [5, 5.41) is 10.9. The van der Waals surface area contributed by atoms with Gasteiger partial charge in [0.1, 0.15) is 0 Å². The molecule has 0 atom stereocenters. The van der Waals surface area contributed by atoms with Gasteiger partial charge < -0.3 is 0 Å². The maximum absolute atomic E-state index is 2.40. The average Bonchev–Trinajstić information content (AvgIpc) is 3.31. The molecule has 0 nitrogen and oxygen atoms in total. The average molecular weight is 391 g/mol. The zero-order valence-electron chi connectivity index (χ0n) is 14.9. The van der Waals surface area contributed by atoms with Crippen molar-refractivity contribution < 1.29 is 0 Å². The second-order valence-corrected chi connectivity index (χ2v) is 9.48. The molecule has 28 heavy (non-hydrogen) atoms. The number of hydrogen-bond donors (Lipinski definition) is 0. The first kappa shape index (κ1) is 15.0. The fourth-order valence-corrected chi connectivity index (χ4v) is 6.97. The molecule has 0 bridgehead atoms. The normalized spacial score (nSPS) is 12.3. The van der Waals surface area contributed by atoms with Gasteiger partial charge in [0.2, 0.25) is 0 Å². The van der Waals surface area contributed by atoms with E-state index in [-0.39, 0.29) is 0 Å². The monoisotopic (exact) mass is 390 g/mol. The number of rotatable bonds is 0. The van der Waals surface area contributed by atoms with E-state index in [4.69, 9.17) is 0 Å². The van der Waals surface area contributed by atoms with Crippen LogP contribution >= 0.6 is 22.7 Å². The molecule has 2 heteroatoms. The topological polar surface area (TPSA) is 0 Å². The molecule has 0 spiro atoms. The van der Waals surface area contributed by atoms with Gasteiger partial charge in [-0.1, -0.05) is 60.7 Å². The Hall–Kier alpha value is -2.94. The molecule has 7 rings (SSSR count).